The molecule has 1 fully saturated rings. The molecule has 0 aliphatic heterocycles. The molecule has 1 aliphatic rings. The molecule has 30 heavy (non-hydrogen) atoms. The Balaban J connectivity index is 1.58. The summed E-state index contributed by atoms with van der Waals surface area (Å²) < 4.78 is 15.0. The van der Waals surface area contributed by atoms with E-state index in [1.54, 1.807) is 12.4 Å². The molecule has 7 heteroatoms. The number of aromatic nitrogens is 4. The molecule has 6 nitrogen and oxygen atoms in total. The molecule has 1 saturated carbocycles. The van der Waals surface area contributed by atoms with Crippen LogP contribution in [0.25, 0.3) is 27.5 Å². The van der Waals surface area contributed by atoms with Crippen molar-refractivity contribution in [2.45, 2.75) is 39.3 Å². The Morgan fingerprint density at radius 2 is 2.10 bits per heavy atom. The Bertz CT molecular complexity index is 1280. The fourth-order valence-electron chi connectivity index (χ4n) is 3.90. The maximum atomic E-state index is 13.2. The van der Waals surface area contributed by atoms with Crippen LogP contribution in [0.1, 0.15) is 31.0 Å². The monoisotopic (exact) mass is 403 g/mol. The molecule has 0 spiro atoms. The first kappa shape index (κ1) is 18.7. The van der Waals surface area contributed by atoms with E-state index in [1.165, 1.54) is 0 Å². The number of anilines is 1. The summed E-state index contributed by atoms with van der Waals surface area (Å²) in [6.07, 6.45) is 6.67. The molecule has 152 valence electrons. The minimum absolute atomic E-state index is 0.292. The minimum atomic E-state index is -1.03. The number of amides is 1. The van der Waals surface area contributed by atoms with Gasteiger partial charge in [-0.1, -0.05) is 13.3 Å². The molecule has 1 N–H and O–H groups in total. The van der Waals surface area contributed by atoms with Crippen molar-refractivity contribution >= 4 is 28.0 Å². The van der Waals surface area contributed by atoms with Gasteiger partial charge in [-0.05, 0) is 49.6 Å². The zero-order valence-electron chi connectivity index (χ0n) is 16.9. The fourth-order valence-corrected chi connectivity index (χ4v) is 3.90. The van der Waals surface area contributed by atoms with Crippen LogP contribution in [-0.2, 0) is 11.2 Å². The van der Waals surface area contributed by atoms with Crippen molar-refractivity contribution in [2.75, 3.05) is 5.32 Å². The largest absolute Gasteiger partial charge is 0.310 e. The van der Waals surface area contributed by atoms with E-state index in [0.29, 0.717) is 12.2 Å². The first-order valence-electron chi connectivity index (χ1n) is 10.2. The lowest BCUT2D eigenvalue weighted by atomic mass is 10.0. The maximum absolute atomic E-state index is 13.2. The number of rotatable bonds is 5. The van der Waals surface area contributed by atoms with Crippen LogP contribution in [0.5, 0.6) is 0 Å². The lowest BCUT2D eigenvalue weighted by molar-refractivity contribution is -0.117. The Hall–Kier alpha value is -3.35. The van der Waals surface area contributed by atoms with Gasteiger partial charge in [0.15, 0.2) is 0 Å². The summed E-state index contributed by atoms with van der Waals surface area (Å²) in [5.74, 6) is -0.445. The zero-order valence-corrected chi connectivity index (χ0v) is 16.9. The second-order valence-corrected chi connectivity index (χ2v) is 7.90. The van der Waals surface area contributed by atoms with E-state index in [2.05, 4.69) is 40.3 Å². The number of halogens is 1. The summed E-state index contributed by atoms with van der Waals surface area (Å²) in [4.78, 5) is 21.1. The predicted molar refractivity (Wildman–Crippen MR) is 114 cm³/mol. The van der Waals surface area contributed by atoms with Gasteiger partial charge in [0, 0.05) is 34.4 Å². The number of nitrogens with zero attached hydrogens (tertiary/aromatic N) is 4. The van der Waals surface area contributed by atoms with Crippen molar-refractivity contribution < 1.29 is 9.18 Å². The molecular formula is C23H22FN5O. The first-order valence-corrected chi connectivity index (χ1v) is 10.2. The zero-order chi connectivity index (χ0) is 20.8. The van der Waals surface area contributed by atoms with Crippen LogP contribution < -0.4 is 5.32 Å². The third-order valence-electron chi connectivity index (χ3n) is 5.62. The van der Waals surface area contributed by atoms with Crippen molar-refractivity contribution in [3.8, 4) is 11.3 Å². The molecule has 0 radical (unpaired) electrons. The summed E-state index contributed by atoms with van der Waals surface area (Å²) in [6, 6.07) is 7.92. The molecule has 5 rings (SSSR count). The summed E-state index contributed by atoms with van der Waals surface area (Å²) >= 11 is 0. The van der Waals surface area contributed by atoms with Crippen LogP contribution in [0.4, 0.5) is 10.2 Å². The van der Waals surface area contributed by atoms with Crippen molar-refractivity contribution in [3.63, 3.8) is 0 Å². The van der Waals surface area contributed by atoms with Crippen molar-refractivity contribution in [2.24, 2.45) is 5.92 Å². The highest BCUT2D eigenvalue weighted by atomic mass is 19.1. The van der Waals surface area contributed by atoms with Crippen LogP contribution in [0.2, 0.25) is 0 Å². The number of pyridine rings is 3. The van der Waals surface area contributed by atoms with Crippen molar-refractivity contribution in [1.29, 1.82) is 0 Å². The quantitative estimate of drug-likeness (QED) is 0.532. The summed E-state index contributed by atoms with van der Waals surface area (Å²) in [5.41, 5.74) is 5.10. The van der Waals surface area contributed by atoms with Gasteiger partial charge in [0.05, 0.1) is 23.3 Å². The second-order valence-electron chi connectivity index (χ2n) is 7.90. The normalized spacial score (nSPS) is 18.1. The van der Waals surface area contributed by atoms with E-state index in [-0.39, 0.29) is 5.91 Å². The topological polar surface area (TPSA) is 72.2 Å². The molecule has 4 aromatic rings. The van der Waals surface area contributed by atoms with E-state index in [0.717, 1.165) is 51.6 Å². The molecule has 0 saturated heterocycles. The third kappa shape index (κ3) is 3.20. The summed E-state index contributed by atoms with van der Waals surface area (Å²) in [5, 5.41) is 9.09. The first-order chi connectivity index (χ1) is 14.5. The fraction of sp³-hybridized carbons (Fsp3) is 0.304. The number of carbonyl (C=O) groups is 1. The Morgan fingerprint density at radius 1 is 1.27 bits per heavy atom. The number of hydrogen-bond donors (Lipinski definition) is 1. The Morgan fingerprint density at radius 3 is 2.83 bits per heavy atom. The van der Waals surface area contributed by atoms with Crippen LogP contribution in [0.3, 0.4) is 0 Å². The molecule has 0 bridgehead atoms. The standard InChI is InChI=1S/C23H22FN5O/c1-3-4-15-7-13(2)18(12-25-15)21-8-14-11-26-22(28-23(30)17-9-19(17)24)10-16(14)20-5-6-27-29(20)21/h5-8,10-12,17,19H,3-4,9H2,1-2H3,(H,26,28,30). The van der Waals surface area contributed by atoms with E-state index in [1.807, 2.05) is 28.9 Å². The molecule has 1 amide bonds. The molecule has 0 aromatic carbocycles. The van der Waals surface area contributed by atoms with E-state index < -0.39 is 12.1 Å². The number of carbonyl (C=O) groups excluding carboxylic acids is 1. The van der Waals surface area contributed by atoms with Gasteiger partial charge in [-0.15, -0.1) is 0 Å². The Labute approximate surface area is 173 Å². The predicted octanol–water partition coefficient (Wildman–Crippen LogP) is 4.50. The van der Waals surface area contributed by atoms with Crippen LogP contribution >= 0.6 is 0 Å². The van der Waals surface area contributed by atoms with E-state index >= 15 is 0 Å². The minimum Gasteiger partial charge on any atom is -0.310 e. The summed E-state index contributed by atoms with van der Waals surface area (Å²) in [7, 11) is 0. The van der Waals surface area contributed by atoms with Gasteiger partial charge in [-0.3, -0.25) is 9.78 Å². The SMILES string of the molecule is CCCc1cc(C)c(-c2cc3cnc(NC(=O)C4CC4F)cc3c3ccnn23)cn1. The van der Waals surface area contributed by atoms with Crippen molar-refractivity contribution in [1.82, 2.24) is 19.6 Å². The molecule has 1 aliphatic carbocycles. The maximum Gasteiger partial charge on any atom is 0.231 e. The van der Waals surface area contributed by atoms with Crippen LogP contribution in [0.15, 0.2) is 42.9 Å². The number of aryl methyl sites for hydroxylation is 2. The molecule has 4 heterocycles. The van der Waals surface area contributed by atoms with Crippen LogP contribution in [-0.4, -0.2) is 31.7 Å². The third-order valence-corrected chi connectivity index (χ3v) is 5.62. The number of nitrogens with one attached hydrogen (secondary N) is 1. The van der Waals surface area contributed by atoms with Gasteiger partial charge in [0.25, 0.3) is 0 Å². The van der Waals surface area contributed by atoms with Gasteiger partial charge in [0.1, 0.15) is 12.0 Å². The lowest BCUT2D eigenvalue weighted by Crippen LogP contribution is -2.15. The highest BCUT2D eigenvalue weighted by Gasteiger charge is 2.43. The smallest absolute Gasteiger partial charge is 0.231 e. The molecule has 2 atom stereocenters. The van der Waals surface area contributed by atoms with Gasteiger partial charge in [0.2, 0.25) is 5.91 Å². The van der Waals surface area contributed by atoms with Gasteiger partial charge in [-0.25, -0.2) is 13.9 Å². The highest BCUT2D eigenvalue weighted by molar-refractivity contribution is 6.01. The number of hydrogen-bond acceptors (Lipinski definition) is 4. The Kier molecular flexibility index (Phi) is 4.46. The van der Waals surface area contributed by atoms with Gasteiger partial charge >= 0.3 is 0 Å². The molecule has 2 unspecified atom stereocenters. The number of alkyl halides is 1. The lowest BCUT2D eigenvalue weighted by Gasteiger charge is -2.12. The second kappa shape index (κ2) is 7.16. The highest BCUT2D eigenvalue weighted by Crippen LogP contribution is 2.35. The van der Waals surface area contributed by atoms with Gasteiger partial charge in [-0.2, -0.15) is 5.10 Å². The van der Waals surface area contributed by atoms with Crippen molar-refractivity contribution in [3.05, 3.63) is 54.1 Å². The molecule has 4 aromatic heterocycles. The summed E-state index contributed by atoms with van der Waals surface area (Å²) in [6.45, 7) is 4.23. The average molecular weight is 403 g/mol. The van der Waals surface area contributed by atoms with Gasteiger partial charge < -0.3 is 5.32 Å². The van der Waals surface area contributed by atoms with E-state index in [4.69, 9.17) is 0 Å². The number of fused-ring (bicyclic) bond motifs is 3. The average Bonchev–Trinajstić information content (AvgIpc) is 3.26. The van der Waals surface area contributed by atoms with Crippen LogP contribution in [0, 0.1) is 12.8 Å². The molecular weight excluding hydrogens is 381 g/mol. The van der Waals surface area contributed by atoms with E-state index in [9.17, 15) is 9.18 Å².